The Balaban J connectivity index is 2.76. The van der Waals surface area contributed by atoms with E-state index < -0.39 is 17.9 Å². The zero-order valence-electron chi connectivity index (χ0n) is 11.2. The summed E-state index contributed by atoms with van der Waals surface area (Å²) in [5, 5.41) is 6.61. The zero-order chi connectivity index (χ0) is 14.4. The number of carbonyl (C=O) groups is 2. The molecule has 0 fully saturated rings. The third-order valence-electron chi connectivity index (χ3n) is 2.48. The Morgan fingerprint density at radius 2 is 2.26 bits per heavy atom. The fraction of sp³-hybridized carbons (Fsp3) is 0.462. The van der Waals surface area contributed by atoms with Crippen molar-refractivity contribution in [3.8, 4) is 12.3 Å². The SMILES string of the molecule is C#CC[C@H](NC(=O)c1ccn(C(C)C)n1)C(=O)OC. The van der Waals surface area contributed by atoms with Gasteiger partial charge in [-0.3, -0.25) is 9.48 Å². The summed E-state index contributed by atoms with van der Waals surface area (Å²) >= 11 is 0. The first-order valence-corrected chi connectivity index (χ1v) is 5.87. The molecule has 1 aromatic rings. The van der Waals surface area contributed by atoms with Crippen molar-refractivity contribution in [2.45, 2.75) is 32.4 Å². The van der Waals surface area contributed by atoms with Crippen molar-refractivity contribution >= 4 is 11.9 Å². The van der Waals surface area contributed by atoms with Gasteiger partial charge in [0.25, 0.3) is 5.91 Å². The molecule has 0 aliphatic heterocycles. The second-order valence-corrected chi connectivity index (χ2v) is 4.23. The number of aromatic nitrogens is 2. The fourth-order valence-electron chi connectivity index (χ4n) is 1.43. The maximum atomic E-state index is 11.9. The molecule has 0 bridgehead atoms. The summed E-state index contributed by atoms with van der Waals surface area (Å²) < 4.78 is 6.23. The van der Waals surface area contributed by atoms with Gasteiger partial charge in [-0.1, -0.05) is 0 Å². The van der Waals surface area contributed by atoms with Crippen LogP contribution in [-0.2, 0) is 9.53 Å². The number of hydrogen-bond donors (Lipinski definition) is 1. The molecule has 0 unspecified atom stereocenters. The van der Waals surface area contributed by atoms with Gasteiger partial charge in [-0.05, 0) is 19.9 Å². The Kier molecular flexibility index (Phi) is 5.12. The lowest BCUT2D eigenvalue weighted by atomic mass is 10.2. The van der Waals surface area contributed by atoms with E-state index in [0.29, 0.717) is 0 Å². The highest BCUT2D eigenvalue weighted by Crippen LogP contribution is 2.05. The third-order valence-corrected chi connectivity index (χ3v) is 2.48. The average molecular weight is 263 g/mol. The molecule has 1 atom stereocenters. The van der Waals surface area contributed by atoms with Crippen molar-refractivity contribution in [3.63, 3.8) is 0 Å². The van der Waals surface area contributed by atoms with Crippen LogP contribution in [0.15, 0.2) is 12.3 Å². The number of methoxy groups -OCH3 is 1. The standard InChI is InChI=1S/C13H17N3O3/c1-5-6-11(13(18)19-4)14-12(17)10-7-8-16(15-10)9(2)3/h1,7-9,11H,6H2,2-4H3,(H,14,17)/t11-/m0/s1. The number of terminal acetylenes is 1. The van der Waals surface area contributed by atoms with E-state index in [4.69, 9.17) is 6.42 Å². The number of rotatable bonds is 5. The molecule has 6 heteroatoms. The molecule has 6 nitrogen and oxygen atoms in total. The van der Waals surface area contributed by atoms with Gasteiger partial charge in [-0.15, -0.1) is 12.3 Å². The molecule has 0 aromatic carbocycles. The summed E-state index contributed by atoms with van der Waals surface area (Å²) in [6.45, 7) is 3.90. The fourth-order valence-corrected chi connectivity index (χ4v) is 1.43. The lowest BCUT2D eigenvalue weighted by molar-refractivity contribution is -0.142. The van der Waals surface area contributed by atoms with Gasteiger partial charge in [0.05, 0.1) is 7.11 Å². The van der Waals surface area contributed by atoms with E-state index in [1.54, 1.807) is 16.9 Å². The van der Waals surface area contributed by atoms with Gasteiger partial charge < -0.3 is 10.1 Å². The van der Waals surface area contributed by atoms with Crippen LogP contribution < -0.4 is 5.32 Å². The minimum atomic E-state index is -0.855. The number of carbonyl (C=O) groups excluding carboxylic acids is 2. The average Bonchev–Trinajstić information content (AvgIpc) is 2.87. The Bertz CT molecular complexity index is 499. The topological polar surface area (TPSA) is 73.2 Å². The predicted molar refractivity (Wildman–Crippen MR) is 69.3 cm³/mol. The number of nitrogens with one attached hydrogen (secondary N) is 1. The lowest BCUT2D eigenvalue weighted by Gasteiger charge is -2.13. The van der Waals surface area contributed by atoms with E-state index in [2.05, 4.69) is 21.1 Å². The Labute approximate surface area is 112 Å². The summed E-state index contributed by atoms with van der Waals surface area (Å²) in [6, 6.07) is 0.884. The normalized spacial score (nSPS) is 11.7. The number of ether oxygens (including phenoxy) is 1. The first kappa shape index (κ1) is 14.8. The highest BCUT2D eigenvalue weighted by molar-refractivity contribution is 5.95. The molecule has 1 N–H and O–H groups in total. The maximum Gasteiger partial charge on any atom is 0.329 e. The summed E-state index contributed by atoms with van der Waals surface area (Å²) in [7, 11) is 1.24. The summed E-state index contributed by atoms with van der Waals surface area (Å²) in [5.74, 6) is 1.29. The second kappa shape index (κ2) is 6.59. The molecule has 1 rings (SSSR count). The molecular weight excluding hydrogens is 246 g/mol. The third kappa shape index (κ3) is 3.85. The highest BCUT2D eigenvalue weighted by atomic mass is 16.5. The van der Waals surface area contributed by atoms with Crippen molar-refractivity contribution in [2.24, 2.45) is 0 Å². The number of esters is 1. The zero-order valence-corrected chi connectivity index (χ0v) is 11.2. The molecule has 1 heterocycles. The van der Waals surface area contributed by atoms with Crippen LogP contribution in [0.2, 0.25) is 0 Å². The van der Waals surface area contributed by atoms with Crippen LogP contribution in [0, 0.1) is 12.3 Å². The minimum Gasteiger partial charge on any atom is -0.467 e. The minimum absolute atomic E-state index is 0.0727. The van der Waals surface area contributed by atoms with Crippen LogP contribution in [0.1, 0.15) is 36.8 Å². The Morgan fingerprint density at radius 1 is 1.58 bits per heavy atom. The first-order valence-electron chi connectivity index (χ1n) is 5.87. The molecule has 1 aromatic heterocycles. The lowest BCUT2D eigenvalue weighted by Crippen LogP contribution is -2.41. The molecule has 19 heavy (non-hydrogen) atoms. The predicted octanol–water partition coefficient (Wildman–Crippen LogP) is 0.759. The van der Waals surface area contributed by atoms with Gasteiger partial charge in [-0.25, -0.2) is 4.79 Å². The molecule has 0 saturated heterocycles. The van der Waals surface area contributed by atoms with Crippen LogP contribution >= 0.6 is 0 Å². The summed E-state index contributed by atoms with van der Waals surface area (Å²) in [4.78, 5) is 23.3. The molecule has 0 saturated carbocycles. The molecule has 102 valence electrons. The van der Waals surface area contributed by atoms with E-state index in [1.807, 2.05) is 13.8 Å². The van der Waals surface area contributed by atoms with Crippen molar-refractivity contribution in [1.29, 1.82) is 0 Å². The van der Waals surface area contributed by atoms with Gasteiger partial charge >= 0.3 is 5.97 Å². The molecule has 0 aliphatic carbocycles. The van der Waals surface area contributed by atoms with Gasteiger partial charge in [0.1, 0.15) is 11.7 Å². The monoisotopic (exact) mass is 263 g/mol. The summed E-state index contributed by atoms with van der Waals surface area (Å²) in [5.41, 5.74) is 0.236. The smallest absolute Gasteiger partial charge is 0.329 e. The molecule has 0 aliphatic rings. The first-order chi connectivity index (χ1) is 8.99. The molecule has 1 amide bonds. The Hall–Kier alpha value is -2.29. The Morgan fingerprint density at radius 3 is 2.74 bits per heavy atom. The van der Waals surface area contributed by atoms with Crippen molar-refractivity contribution in [2.75, 3.05) is 7.11 Å². The van der Waals surface area contributed by atoms with Crippen molar-refractivity contribution in [3.05, 3.63) is 18.0 Å². The summed E-state index contributed by atoms with van der Waals surface area (Å²) in [6.07, 6.45) is 6.93. The number of amides is 1. The second-order valence-electron chi connectivity index (χ2n) is 4.23. The molecule has 0 radical (unpaired) electrons. The van der Waals surface area contributed by atoms with Crippen LogP contribution in [0.4, 0.5) is 0 Å². The molecular formula is C13H17N3O3. The van der Waals surface area contributed by atoms with Gasteiger partial charge in [-0.2, -0.15) is 5.10 Å². The van der Waals surface area contributed by atoms with Crippen LogP contribution in [0.5, 0.6) is 0 Å². The van der Waals surface area contributed by atoms with E-state index in [9.17, 15) is 9.59 Å². The number of nitrogens with zero attached hydrogens (tertiary/aromatic N) is 2. The van der Waals surface area contributed by atoms with E-state index in [-0.39, 0.29) is 18.2 Å². The van der Waals surface area contributed by atoms with Gasteiger partial charge in [0.2, 0.25) is 0 Å². The van der Waals surface area contributed by atoms with E-state index in [1.165, 1.54) is 7.11 Å². The highest BCUT2D eigenvalue weighted by Gasteiger charge is 2.22. The van der Waals surface area contributed by atoms with Crippen molar-refractivity contribution < 1.29 is 14.3 Å². The van der Waals surface area contributed by atoms with Crippen LogP contribution in [-0.4, -0.2) is 34.8 Å². The van der Waals surface area contributed by atoms with Gasteiger partial charge in [0, 0.05) is 18.7 Å². The largest absolute Gasteiger partial charge is 0.467 e. The van der Waals surface area contributed by atoms with Crippen LogP contribution in [0.25, 0.3) is 0 Å². The van der Waals surface area contributed by atoms with Gasteiger partial charge in [0.15, 0.2) is 0 Å². The molecule has 0 spiro atoms. The van der Waals surface area contributed by atoms with E-state index >= 15 is 0 Å². The van der Waals surface area contributed by atoms with Crippen LogP contribution in [0.3, 0.4) is 0 Å². The maximum absolute atomic E-state index is 11.9. The quantitative estimate of drug-likeness (QED) is 0.628. The van der Waals surface area contributed by atoms with Crippen molar-refractivity contribution in [1.82, 2.24) is 15.1 Å². The van der Waals surface area contributed by atoms with E-state index in [0.717, 1.165) is 0 Å². The number of hydrogen-bond acceptors (Lipinski definition) is 4.